The van der Waals surface area contributed by atoms with Gasteiger partial charge in [-0.2, -0.15) is 0 Å². The average Bonchev–Trinajstić information content (AvgIpc) is 3.54. The summed E-state index contributed by atoms with van der Waals surface area (Å²) in [6.07, 6.45) is 12.5. The molecule has 418 valence electrons. The second-order valence-corrected chi connectivity index (χ2v) is 22.0. The van der Waals surface area contributed by atoms with Gasteiger partial charge in [0.25, 0.3) is 0 Å². The number of esters is 2. The third-order valence-corrected chi connectivity index (χ3v) is 15.4. The van der Waals surface area contributed by atoms with Crippen molar-refractivity contribution in [1.29, 1.82) is 0 Å². The smallest absolute Gasteiger partial charge is 0.343 e. The van der Waals surface area contributed by atoms with Crippen molar-refractivity contribution in [3.63, 3.8) is 0 Å². The number of nitrogens with zero attached hydrogens (tertiary/aromatic N) is 2. The Hall–Kier alpha value is -6.11. The number of fused-ring (bicyclic) bond motifs is 3. The minimum absolute atomic E-state index is 0.0473. The number of rotatable bonds is 18. The Morgan fingerprint density at radius 3 is 2.43 bits per heavy atom. The van der Waals surface area contributed by atoms with Gasteiger partial charge in [0.2, 0.25) is 12.2 Å². The lowest BCUT2D eigenvalue weighted by atomic mass is 9.69. The van der Waals surface area contributed by atoms with E-state index in [4.69, 9.17) is 48.6 Å². The predicted octanol–water partition coefficient (Wildman–Crippen LogP) is 9.27. The number of hydrogen-bond acceptors (Lipinski definition) is 16. The number of methoxy groups -OCH3 is 2. The van der Waals surface area contributed by atoms with Crippen LogP contribution < -0.4 is 30.0 Å². The summed E-state index contributed by atoms with van der Waals surface area (Å²) in [7, 11) is 2.89. The number of allylic oxidation sites excluding steroid dienone is 4. The molecule has 17 nitrogen and oxygen atoms in total. The lowest BCUT2D eigenvalue weighted by molar-refractivity contribution is -0.247. The van der Waals surface area contributed by atoms with Crippen LogP contribution >= 0.6 is 0 Å². The molecule has 5 N–H and O–H groups in total. The zero-order valence-corrected chi connectivity index (χ0v) is 47.0. The molecule has 2 aromatic rings. The molecule has 1 saturated carbocycles. The van der Waals surface area contributed by atoms with Crippen molar-refractivity contribution >= 4 is 41.8 Å². The molecule has 2 fully saturated rings. The van der Waals surface area contributed by atoms with E-state index in [0.29, 0.717) is 71.7 Å². The van der Waals surface area contributed by atoms with Crippen LogP contribution in [0.15, 0.2) is 80.8 Å². The molecule has 1 aliphatic carbocycles. The minimum Gasteiger partial charge on any atom is -0.484 e. The number of Topliss-reactive ketones (excluding diaryl/α,β-unsaturated/α-hetero) is 1. The maximum atomic E-state index is 14.8. The standard InChI is InChI=1S/C60H80N4O13/c1-13-44-40(17-14-18-47(66)60(44,71-12)29-25-36(6)55(67)70-11)51-43-31-62-57(63-33-61)64-50(43)49-53(75-51)41(24-19-35(4)5)52-42(26-28-59(10,77-52)27-15-16-34(2)3)54(49)76-56(68)38-20-22-39(23-21-38)73-48-30-45(65)37(7)46(74-48)32-72-58(8,9)69/h16,19-23,25-26,28,33,37,40,44-46,48,51,65,69H,13-15,17-18,24,27,29-32H2,1-12H3,(H3,61,62,63,64). The van der Waals surface area contributed by atoms with Crippen molar-refractivity contribution < 1.29 is 62.5 Å². The van der Waals surface area contributed by atoms with Crippen LogP contribution in [0.2, 0.25) is 0 Å². The molecule has 17 heteroatoms. The van der Waals surface area contributed by atoms with E-state index in [2.05, 4.69) is 36.3 Å². The predicted molar refractivity (Wildman–Crippen MR) is 295 cm³/mol. The highest BCUT2D eigenvalue weighted by atomic mass is 16.7. The van der Waals surface area contributed by atoms with Gasteiger partial charge in [0, 0.05) is 60.8 Å². The molecule has 9 unspecified atom stereocenters. The Kier molecular flexibility index (Phi) is 18.8. The highest BCUT2D eigenvalue weighted by Gasteiger charge is 2.54. The summed E-state index contributed by atoms with van der Waals surface area (Å²) in [4.78, 5) is 51.2. The number of nitrogens with one attached hydrogen (secondary N) is 1. The van der Waals surface area contributed by atoms with Crippen LogP contribution in [0.5, 0.6) is 23.0 Å². The molecule has 77 heavy (non-hydrogen) atoms. The van der Waals surface area contributed by atoms with Gasteiger partial charge in [-0.05, 0) is 130 Å². The minimum atomic E-state index is -1.38. The topological polar surface area (TPSA) is 228 Å². The number of aliphatic imine (C=N–C) groups is 2. The van der Waals surface area contributed by atoms with Crippen molar-refractivity contribution in [3.05, 3.63) is 93.1 Å². The fraction of sp³-hybridized carbons (Fsp3) is 0.550. The third kappa shape index (κ3) is 13.3. The zero-order valence-electron chi connectivity index (χ0n) is 47.0. The first-order valence-corrected chi connectivity index (χ1v) is 26.9. The van der Waals surface area contributed by atoms with Gasteiger partial charge in [-0.25, -0.2) is 19.6 Å². The Morgan fingerprint density at radius 1 is 1.05 bits per heavy atom. The Morgan fingerprint density at radius 2 is 1.78 bits per heavy atom. The van der Waals surface area contributed by atoms with Crippen LogP contribution in [0.3, 0.4) is 0 Å². The number of ketones is 1. The molecule has 0 spiro atoms. The van der Waals surface area contributed by atoms with E-state index >= 15 is 0 Å². The van der Waals surface area contributed by atoms with E-state index in [-0.39, 0.29) is 67.3 Å². The summed E-state index contributed by atoms with van der Waals surface area (Å²) in [5, 5.41) is 24.6. The maximum Gasteiger partial charge on any atom is 0.343 e. The van der Waals surface area contributed by atoms with E-state index in [1.54, 1.807) is 44.4 Å². The first-order valence-electron chi connectivity index (χ1n) is 26.9. The number of guanidine groups is 1. The van der Waals surface area contributed by atoms with Gasteiger partial charge in [0.15, 0.2) is 17.3 Å². The summed E-state index contributed by atoms with van der Waals surface area (Å²) in [5.74, 6) is -1.81. The maximum absolute atomic E-state index is 14.8. The largest absolute Gasteiger partial charge is 0.484 e. The molecule has 0 bridgehead atoms. The zero-order chi connectivity index (χ0) is 56.0. The average molecular weight is 1070 g/mol. The van der Waals surface area contributed by atoms with Crippen LogP contribution in [0.25, 0.3) is 11.8 Å². The van der Waals surface area contributed by atoms with Crippen LogP contribution in [0.4, 0.5) is 0 Å². The second-order valence-electron chi connectivity index (χ2n) is 22.0. The molecule has 5 aliphatic rings. The summed E-state index contributed by atoms with van der Waals surface area (Å²) in [6.45, 7) is 19.1. The van der Waals surface area contributed by atoms with Crippen LogP contribution in [-0.4, -0.2) is 109 Å². The van der Waals surface area contributed by atoms with Crippen molar-refractivity contribution in [2.45, 2.75) is 169 Å². The monoisotopic (exact) mass is 1060 g/mol. The quantitative estimate of drug-likeness (QED) is 0.0159. The molecule has 4 aliphatic heterocycles. The first-order chi connectivity index (χ1) is 36.5. The Labute approximate surface area is 453 Å². The number of carbonyl (C=O) groups is 3. The van der Waals surface area contributed by atoms with Gasteiger partial charge >= 0.3 is 11.9 Å². The molecule has 1 saturated heterocycles. The number of aliphatic hydroxyl groups excluding tert-OH is 1. The Balaban J connectivity index is 1.36. The van der Waals surface area contributed by atoms with E-state index in [0.717, 1.165) is 29.5 Å². The van der Waals surface area contributed by atoms with Crippen molar-refractivity contribution in [2.75, 3.05) is 27.4 Å². The first kappa shape index (κ1) is 58.6. The van der Waals surface area contributed by atoms with Crippen molar-refractivity contribution in [3.8, 4) is 23.0 Å². The molecule has 0 radical (unpaired) electrons. The summed E-state index contributed by atoms with van der Waals surface area (Å²) >= 11 is 0. The normalized spacial score (nSPS) is 27.1. The second kappa shape index (κ2) is 24.7. The SMILES string of the molecule is CCC1C(C2Oc3c(CC=C(C)C)c4c(c(OC(=O)c5ccc(OC6CC(O)C(C)C(COC(C)(C)O)O6)cc5)c3C3=C2CN=C(N=CN)N3)C=CC(C)(CCC=C(C)C)O4)CCCC(=O)C1(CC=C(C)C(=O)OC)OC. The summed E-state index contributed by atoms with van der Waals surface area (Å²) in [5.41, 5.74) is 9.77. The fourth-order valence-corrected chi connectivity index (χ4v) is 11.1. The number of carbonyl (C=O) groups excluding carboxylic acids is 3. The number of benzene rings is 2. The van der Waals surface area contributed by atoms with Gasteiger partial charge in [-0.1, -0.05) is 43.2 Å². The van der Waals surface area contributed by atoms with Crippen LogP contribution in [0, 0.1) is 17.8 Å². The molecule has 0 aromatic heterocycles. The van der Waals surface area contributed by atoms with Gasteiger partial charge < -0.3 is 59.2 Å². The molecular weight excluding hydrogens is 985 g/mol. The number of ether oxygens (including phenoxy) is 8. The Bertz CT molecular complexity index is 2740. The molecule has 9 atom stereocenters. The fourth-order valence-electron chi connectivity index (χ4n) is 11.1. The van der Waals surface area contributed by atoms with E-state index in [1.165, 1.54) is 26.5 Å². The number of nitrogens with two attached hydrogens (primary N) is 1. The van der Waals surface area contributed by atoms with Gasteiger partial charge in [-0.15, -0.1) is 0 Å². The highest BCUT2D eigenvalue weighted by molar-refractivity contribution is 6.01. The summed E-state index contributed by atoms with van der Waals surface area (Å²) in [6, 6.07) is 6.48. The van der Waals surface area contributed by atoms with Crippen LogP contribution in [0.1, 0.15) is 148 Å². The molecule has 2 aromatic carbocycles. The number of aliphatic hydroxyl groups is 2. The lowest BCUT2D eigenvalue weighted by Crippen LogP contribution is -2.52. The van der Waals surface area contributed by atoms with Gasteiger partial charge in [-0.3, -0.25) is 4.79 Å². The molecule has 4 heterocycles. The van der Waals surface area contributed by atoms with Gasteiger partial charge in [0.05, 0.1) is 61.2 Å². The third-order valence-electron chi connectivity index (χ3n) is 15.4. The lowest BCUT2D eigenvalue weighted by Gasteiger charge is -2.45. The van der Waals surface area contributed by atoms with Gasteiger partial charge in [0.1, 0.15) is 34.6 Å². The van der Waals surface area contributed by atoms with E-state index in [9.17, 15) is 24.6 Å². The van der Waals surface area contributed by atoms with Crippen LogP contribution in [-0.2, 0) is 35.0 Å². The molecular formula is C60H80N4O13. The van der Waals surface area contributed by atoms with Crippen molar-refractivity contribution in [2.24, 2.45) is 33.5 Å². The molecule has 7 rings (SSSR count). The van der Waals surface area contributed by atoms with E-state index in [1.807, 2.05) is 46.8 Å². The number of hydrogen-bond donors (Lipinski definition) is 4. The van der Waals surface area contributed by atoms with E-state index < -0.39 is 59.4 Å². The van der Waals surface area contributed by atoms with Crippen molar-refractivity contribution in [1.82, 2.24) is 5.32 Å². The molecule has 0 amide bonds. The highest BCUT2D eigenvalue weighted by Crippen LogP contribution is 2.56. The summed E-state index contributed by atoms with van der Waals surface area (Å²) < 4.78 is 50.8.